The first-order valence-electron chi connectivity index (χ1n) is 5.79. The molecule has 1 heterocycles. The Morgan fingerprint density at radius 3 is 2.45 bits per heavy atom. The van der Waals surface area contributed by atoms with Crippen molar-refractivity contribution < 1.29 is 14.7 Å². The van der Waals surface area contributed by atoms with E-state index >= 15 is 0 Å². The Kier molecular flexibility index (Phi) is 4.37. The topological polar surface area (TPSA) is 93.3 Å². The molecule has 102 valence electrons. The second-order valence-electron chi connectivity index (χ2n) is 4.06. The van der Waals surface area contributed by atoms with Crippen LogP contribution in [0.4, 0.5) is 0 Å². The van der Waals surface area contributed by atoms with Crippen molar-refractivity contribution in [3.63, 3.8) is 0 Å². The molecule has 0 aliphatic rings. The summed E-state index contributed by atoms with van der Waals surface area (Å²) in [6.07, 6.45) is 1.53. The number of nitrogens with zero attached hydrogens (tertiary/aromatic N) is 1. The third kappa shape index (κ3) is 3.83. The fourth-order valence-corrected chi connectivity index (χ4v) is 2.44. The molecular weight excluding hydrogens is 276 g/mol. The molecule has 0 spiro atoms. The number of aromatic nitrogens is 1. The summed E-state index contributed by atoms with van der Waals surface area (Å²) in [6.45, 7) is 0. The zero-order chi connectivity index (χ0) is 14.5. The second-order valence-corrected chi connectivity index (χ2v) is 5.20. The van der Waals surface area contributed by atoms with Crippen LogP contribution in [0.15, 0.2) is 52.4 Å². The van der Waals surface area contributed by atoms with Crippen molar-refractivity contribution >= 4 is 23.6 Å². The van der Waals surface area contributed by atoms with Crippen LogP contribution in [0.5, 0.6) is 0 Å². The van der Waals surface area contributed by atoms with Gasteiger partial charge in [-0.2, -0.15) is 0 Å². The number of carboxylic acid groups (broad SMARTS) is 1. The smallest absolute Gasteiger partial charge is 0.307 e. The van der Waals surface area contributed by atoms with Crippen molar-refractivity contribution in [2.24, 2.45) is 5.73 Å². The third-order valence-electron chi connectivity index (χ3n) is 2.50. The first-order valence-corrected chi connectivity index (χ1v) is 6.60. The summed E-state index contributed by atoms with van der Waals surface area (Å²) in [4.78, 5) is 27.3. The summed E-state index contributed by atoms with van der Waals surface area (Å²) in [5.74, 6) is -1.42. The minimum atomic E-state index is -0.856. The van der Waals surface area contributed by atoms with E-state index in [2.05, 4.69) is 4.98 Å². The normalized spacial score (nSPS) is 10.2. The molecule has 1 aromatic carbocycles. The molecule has 6 heteroatoms. The Bertz CT molecular complexity index is 641. The molecular formula is C14H12N2O3S. The lowest BCUT2D eigenvalue weighted by atomic mass is 10.2. The molecule has 20 heavy (non-hydrogen) atoms. The van der Waals surface area contributed by atoms with Crippen LogP contribution in [0.3, 0.4) is 0 Å². The number of amides is 1. The average Bonchev–Trinajstić information content (AvgIpc) is 2.41. The molecule has 0 saturated heterocycles. The van der Waals surface area contributed by atoms with Crippen molar-refractivity contribution in [2.45, 2.75) is 16.2 Å². The van der Waals surface area contributed by atoms with Gasteiger partial charge >= 0.3 is 5.97 Å². The van der Waals surface area contributed by atoms with Gasteiger partial charge in [-0.3, -0.25) is 14.6 Å². The number of hydrogen-bond donors (Lipinski definition) is 2. The average molecular weight is 288 g/mol. The van der Waals surface area contributed by atoms with Crippen LogP contribution in [0.2, 0.25) is 0 Å². The van der Waals surface area contributed by atoms with Crippen LogP contribution in [-0.2, 0) is 11.2 Å². The van der Waals surface area contributed by atoms with Crippen LogP contribution >= 0.6 is 11.8 Å². The van der Waals surface area contributed by atoms with Crippen molar-refractivity contribution in [2.75, 3.05) is 0 Å². The molecule has 2 rings (SSSR count). The van der Waals surface area contributed by atoms with Crippen LogP contribution in [-0.4, -0.2) is 22.0 Å². The number of pyridine rings is 1. The highest BCUT2D eigenvalue weighted by molar-refractivity contribution is 7.99. The summed E-state index contributed by atoms with van der Waals surface area (Å²) in [6, 6.07) is 10.6. The maximum Gasteiger partial charge on any atom is 0.307 e. The van der Waals surface area contributed by atoms with Gasteiger partial charge in [0.25, 0.3) is 5.91 Å². The van der Waals surface area contributed by atoms with Gasteiger partial charge in [-0.25, -0.2) is 0 Å². The molecule has 0 bridgehead atoms. The minimum absolute atomic E-state index is 0.00598. The van der Waals surface area contributed by atoms with Gasteiger partial charge in [0.2, 0.25) is 0 Å². The number of rotatable bonds is 5. The number of primary amides is 1. The summed E-state index contributed by atoms with van der Waals surface area (Å²) < 4.78 is 0. The predicted octanol–water partition coefficient (Wildman–Crippen LogP) is 1.96. The van der Waals surface area contributed by atoms with E-state index < -0.39 is 11.9 Å². The van der Waals surface area contributed by atoms with Crippen molar-refractivity contribution in [1.29, 1.82) is 0 Å². The third-order valence-corrected chi connectivity index (χ3v) is 3.50. The number of carbonyl (C=O) groups excluding carboxylic acids is 1. The summed E-state index contributed by atoms with van der Waals surface area (Å²) in [5.41, 5.74) is 6.14. The van der Waals surface area contributed by atoms with Crippen LogP contribution in [0.1, 0.15) is 16.1 Å². The van der Waals surface area contributed by atoms with Gasteiger partial charge in [-0.1, -0.05) is 23.9 Å². The highest BCUT2D eigenvalue weighted by Crippen LogP contribution is 2.27. The van der Waals surface area contributed by atoms with E-state index in [1.54, 1.807) is 24.3 Å². The van der Waals surface area contributed by atoms with E-state index in [1.807, 2.05) is 12.1 Å². The highest BCUT2D eigenvalue weighted by Gasteiger charge is 2.05. The second kappa shape index (κ2) is 6.21. The summed E-state index contributed by atoms with van der Waals surface area (Å²) >= 11 is 1.45. The van der Waals surface area contributed by atoms with Crippen LogP contribution in [0.25, 0.3) is 0 Å². The standard InChI is InChI=1S/C14H12N2O3S/c15-14(19)12-8-11(5-6-16-12)20-10-3-1-9(2-4-10)7-13(17)18/h1-6,8H,7H2,(H2,15,19)(H,17,18). The number of benzene rings is 1. The quantitative estimate of drug-likeness (QED) is 0.877. The maximum absolute atomic E-state index is 11.0. The first-order chi connectivity index (χ1) is 9.54. The van der Waals surface area contributed by atoms with Gasteiger partial charge in [0.1, 0.15) is 5.69 Å². The lowest BCUT2D eigenvalue weighted by Gasteiger charge is -2.04. The van der Waals surface area contributed by atoms with Crippen LogP contribution < -0.4 is 5.73 Å². The SMILES string of the molecule is NC(=O)c1cc(Sc2ccc(CC(=O)O)cc2)ccn1. The Morgan fingerprint density at radius 2 is 1.85 bits per heavy atom. The van der Waals surface area contributed by atoms with Crippen molar-refractivity contribution in [3.05, 3.63) is 53.9 Å². The van der Waals surface area contributed by atoms with Gasteiger partial charge in [0.15, 0.2) is 0 Å². The molecule has 2 aromatic rings. The van der Waals surface area contributed by atoms with Gasteiger partial charge in [0.05, 0.1) is 6.42 Å². The van der Waals surface area contributed by atoms with Gasteiger partial charge < -0.3 is 10.8 Å². The zero-order valence-electron chi connectivity index (χ0n) is 10.4. The number of aliphatic carboxylic acids is 1. The monoisotopic (exact) mass is 288 g/mol. The van der Waals surface area contributed by atoms with Gasteiger partial charge in [-0.05, 0) is 29.8 Å². The zero-order valence-corrected chi connectivity index (χ0v) is 11.3. The van der Waals surface area contributed by atoms with E-state index in [0.29, 0.717) is 0 Å². The lowest BCUT2D eigenvalue weighted by Crippen LogP contribution is -2.12. The highest BCUT2D eigenvalue weighted by atomic mass is 32.2. The van der Waals surface area contributed by atoms with Crippen molar-refractivity contribution in [3.8, 4) is 0 Å². The van der Waals surface area contributed by atoms with Gasteiger partial charge in [0, 0.05) is 16.0 Å². The molecule has 1 amide bonds. The molecule has 0 fully saturated rings. The van der Waals surface area contributed by atoms with Crippen molar-refractivity contribution in [1.82, 2.24) is 4.98 Å². The number of nitrogens with two attached hydrogens (primary N) is 1. The molecule has 3 N–H and O–H groups in total. The van der Waals surface area contributed by atoms with E-state index in [0.717, 1.165) is 15.4 Å². The van der Waals surface area contributed by atoms with E-state index in [4.69, 9.17) is 10.8 Å². The lowest BCUT2D eigenvalue weighted by molar-refractivity contribution is -0.136. The van der Waals surface area contributed by atoms with E-state index in [-0.39, 0.29) is 12.1 Å². The Hall–Kier alpha value is -2.34. The maximum atomic E-state index is 11.0. The Labute approximate surface area is 119 Å². The fourth-order valence-electron chi connectivity index (χ4n) is 1.60. The Balaban J connectivity index is 2.11. The fraction of sp³-hybridized carbons (Fsp3) is 0.0714. The molecule has 0 aliphatic carbocycles. The number of hydrogen-bond acceptors (Lipinski definition) is 4. The molecule has 0 unspecified atom stereocenters. The van der Waals surface area contributed by atoms with E-state index in [9.17, 15) is 9.59 Å². The number of carboxylic acids is 1. The van der Waals surface area contributed by atoms with Crippen LogP contribution in [0, 0.1) is 0 Å². The van der Waals surface area contributed by atoms with E-state index in [1.165, 1.54) is 18.0 Å². The minimum Gasteiger partial charge on any atom is -0.481 e. The molecule has 0 radical (unpaired) electrons. The molecule has 0 atom stereocenters. The first kappa shape index (κ1) is 14.1. The largest absolute Gasteiger partial charge is 0.481 e. The molecule has 1 aromatic heterocycles. The van der Waals surface area contributed by atoms with Gasteiger partial charge in [-0.15, -0.1) is 0 Å². The molecule has 0 saturated carbocycles. The number of carbonyl (C=O) groups is 2. The predicted molar refractivity (Wildman–Crippen MR) is 74.7 cm³/mol. The Morgan fingerprint density at radius 1 is 1.15 bits per heavy atom. The summed E-state index contributed by atoms with van der Waals surface area (Å²) in [5, 5.41) is 8.70. The molecule has 0 aliphatic heterocycles. The molecule has 5 nitrogen and oxygen atoms in total. The summed E-state index contributed by atoms with van der Waals surface area (Å²) in [7, 11) is 0.